The van der Waals surface area contributed by atoms with Gasteiger partial charge in [-0.05, 0) is 38.1 Å². The highest BCUT2D eigenvalue weighted by atomic mass is 16.5. The van der Waals surface area contributed by atoms with E-state index < -0.39 is 6.04 Å². The molecule has 2 N–H and O–H groups in total. The normalized spacial score (nSPS) is 11.7. The fourth-order valence-electron chi connectivity index (χ4n) is 3.11. The van der Waals surface area contributed by atoms with E-state index in [9.17, 15) is 9.59 Å². The summed E-state index contributed by atoms with van der Waals surface area (Å²) in [4.78, 5) is 27.3. The Hall–Kier alpha value is -2.90. The van der Waals surface area contributed by atoms with Gasteiger partial charge in [-0.1, -0.05) is 42.5 Å². The number of anilines is 1. The van der Waals surface area contributed by atoms with Crippen molar-refractivity contribution in [3.63, 3.8) is 0 Å². The first-order valence-electron chi connectivity index (χ1n) is 10.1. The van der Waals surface area contributed by atoms with Gasteiger partial charge < -0.3 is 20.1 Å². The van der Waals surface area contributed by atoms with Gasteiger partial charge in [-0.25, -0.2) is 0 Å². The molecular weight excluding hydrogens is 382 g/mol. The lowest BCUT2D eigenvalue weighted by Crippen LogP contribution is -2.41. The van der Waals surface area contributed by atoms with E-state index in [-0.39, 0.29) is 18.4 Å². The summed E-state index contributed by atoms with van der Waals surface area (Å²) in [7, 11) is 3.39. The van der Waals surface area contributed by atoms with Crippen molar-refractivity contribution in [3.8, 4) is 5.75 Å². The Balaban J connectivity index is 2.13. The van der Waals surface area contributed by atoms with Crippen LogP contribution in [0.1, 0.15) is 24.9 Å². The van der Waals surface area contributed by atoms with Crippen LogP contribution in [-0.4, -0.2) is 57.2 Å². The molecule has 0 bridgehead atoms. The molecule has 0 aliphatic rings. The summed E-state index contributed by atoms with van der Waals surface area (Å²) in [5.41, 5.74) is 1.40. The number of amides is 2. The number of para-hydroxylation sites is 2. The molecule has 0 fully saturated rings. The minimum Gasteiger partial charge on any atom is -0.492 e. The average Bonchev–Trinajstić information content (AvgIpc) is 2.74. The summed E-state index contributed by atoms with van der Waals surface area (Å²) in [6.45, 7) is 3.60. The number of ether oxygens (including phenoxy) is 2. The summed E-state index contributed by atoms with van der Waals surface area (Å²) in [6.07, 6.45) is 0.739. The van der Waals surface area contributed by atoms with E-state index in [2.05, 4.69) is 10.6 Å². The molecule has 0 saturated carbocycles. The van der Waals surface area contributed by atoms with Crippen molar-refractivity contribution in [2.75, 3.05) is 45.8 Å². The first-order chi connectivity index (χ1) is 14.6. The molecule has 162 valence electrons. The van der Waals surface area contributed by atoms with Crippen LogP contribution in [0.3, 0.4) is 0 Å². The van der Waals surface area contributed by atoms with Gasteiger partial charge in [0.1, 0.15) is 11.8 Å². The van der Waals surface area contributed by atoms with Gasteiger partial charge in [0.25, 0.3) is 0 Å². The summed E-state index contributed by atoms with van der Waals surface area (Å²) in [5, 5.41) is 5.81. The zero-order valence-electron chi connectivity index (χ0n) is 17.9. The average molecular weight is 414 g/mol. The molecule has 7 nitrogen and oxygen atoms in total. The molecule has 2 aromatic rings. The largest absolute Gasteiger partial charge is 0.492 e. The van der Waals surface area contributed by atoms with Crippen molar-refractivity contribution < 1.29 is 19.1 Å². The van der Waals surface area contributed by atoms with Crippen LogP contribution in [0, 0.1) is 0 Å². The van der Waals surface area contributed by atoms with Gasteiger partial charge in [0.05, 0.1) is 18.8 Å². The zero-order chi connectivity index (χ0) is 21.8. The molecule has 0 radical (unpaired) electrons. The second kappa shape index (κ2) is 12.6. The van der Waals surface area contributed by atoms with Crippen LogP contribution in [0.4, 0.5) is 5.69 Å². The number of likely N-dealkylation sites (N-methyl/N-ethyl adjacent to an activating group) is 1. The Kier molecular flexibility index (Phi) is 9.83. The van der Waals surface area contributed by atoms with Gasteiger partial charge in [-0.2, -0.15) is 0 Å². The number of carbonyl (C=O) groups excluding carboxylic acids is 2. The van der Waals surface area contributed by atoms with Crippen LogP contribution in [-0.2, 0) is 14.3 Å². The molecule has 2 amide bonds. The minimum absolute atomic E-state index is 0.0903. The third-order valence-electron chi connectivity index (χ3n) is 4.49. The van der Waals surface area contributed by atoms with E-state index in [4.69, 9.17) is 9.47 Å². The molecule has 1 unspecified atom stereocenters. The first kappa shape index (κ1) is 23.4. The molecule has 0 spiro atoms. The summed E-state index contributed by atoms with van der Waals surface area (Å²) >= 11 is 0. The lowest BCUT2D eigenvalue weighted by molar-refractivity contribution is -0.125. The minimum atomic E-state index is -0.634. The maximum absolute atomic E-state index is 13.2. The molecule has 0 aliphatic heterocycles. The smallest absolute Gasteiger partial charge is 0.246 e. The monoisotopic (exact) mass is 413 g/mol. The van der Waals surface area contributed by atoms with Crippen LogP contribution < -0.4 is 15.4 Å². The quantitative estimate of drug-likeness (QED) is 0.523. The fraction of sp³-hybridized carbons (Fsp3) is 0.391. The number of nitrogens with one attached hydrogen (secondary N) is 2. The molecule has 1 atom stereocenters. The predicted octanol–water partition coefficient (Wildman–Crippen LogP) is 2.85. The summed E-state index contributed by atoms with van der Waals surface area (Å²) < 4.78 is 10.6. The van der Waals surface area contributed by atoms with E-state index >= 15 is 0 Å². The highest BCUT2D eigenvalue weighted by Crippen LogP contribution is 2.27. The van der Waals surface area contributed by atoms with Gasteiger partial charge in [-0.15, -0.1) is 0 Å². The van der Waals surface area contributed by atoms with Gasteiger partial charge in [-0.3, -0.25) is 14.5 Å². The fourth-order valence-corrected chi connectivity index (χ4v) is 3.11. The second-order valence-electron chi connectivity index (χ2n) is 6.84. The van der Waals surface area contributed by atoms with Crippen LogP contribution in [0.5, 0.6) is 5.75 Å². The predicted molar refractivity (Wildman–Crippen MR) is 118 cm³/mol. The number of rotatable bonds is 12. The van der Waals surface area contributed by atoms with E-state index in [1.807, 2.05) is 55.5 Å². The van der Waals surface area contributed by atoms with Crippen molar-refractivity contribution in [1.29, 1.82) is 0 Å². The Bertz CT molecular complexity index is 798. The van der Waals surface area contributed by atoms with Crippen molar-refractivity contribution in [2.45, 2.75) is 19.4 Å². The maximum atomic E-state index is 13.2. The van der Waals surface area contributed by atoms with E-state index in [1.54, 1.807) is 25.1 Å². The number of nitrogens with zero attached hydrogens (tertiary/aromatic N) is 1. The van der Waals surface area contributed by atoms with Gasteiger partial charge in [0.15, 0.2) is 0 Å². The third-order valence-corrected chi connectivity index (χ3v) is 4.49. The van der Waals surface area contributed by atoms with Gasteiger partial charge in [0, 0.05) is 20.3 Å². The molecule has 2 aromatic carbocycles. The topological polar surface area (TPSA) is 79.9 Å². The first-order valence-corrected chi connectivity index (χ1v) is 10.1. The molecule has 0 heterocycles. The molecule has 30 heavy (non-hydrogen) atoms. The molecule has 7 heteroatoms. The standard InChI is InChI=1S/C23H31N3O4/c1-4-30-20-14-9-8-13-19(20)25-23(28)22(18-11-6-5-7-12-18)26(2)17-21(27)24-15-10-16-29-3/h5-9,11-14,22H,4,10,15-17H2,1-3H3,(H,24,27)(H,25,28). The van der Waals surface area contributed by atoms with Crippen LogP contribution in [0.2, 0.25) is 0 Å². The van der Waals surface area contributed by atoms with E-state index in [0.717, 1.165) is 12.0 Å². The van der Waals surface area contributed by atoms with E-state index in [1.165, 1.54) is 0 Å². The van der Waals surface area contributed by atoms with Crippen molar-refractivity contribution >= 4 is 17.5 Å². The van der Waals surface area contributed by atoms with Crippen molar-refractivity contribution in [2.24, 2.45) is 0 Å². The highest BCUT2D eigenvalue weighted by Gasteiger charge is 2.27. The van der Waals surface area contributed by atoms with Crippen molar-refractivity contribution in [1.82, 2.24) is 10.2 Å². The molecule has 0 aromatic heterocycles. The van der Waals surface area contributed by atoms with E-state index in [0.29, 0.717) is 31.2 Å². The maximum Gasteiger partial charge on any atom is 0.246 e. The summed E-state index contributed by atoms with van der Waals surface area (Å²) in [6, 6.07) is 16.1. The molecule has 2 rings (SSSR count). The highest BCUT2D eigenvalue weighted by molar-refractivity contribution is 5.97. The number of hydrogen-bond donors (Lipinski definition) is 2. The molecule has 0 saturated heterocycles. The van der Waals surface area contributed by atoms with Crippen molar-refractivity contribution in [3.05, 3.63) is 60.2 Å². The Morgan fingerprint density at radius 2 is 1.77 bits per heavy atom. The zero-order valence-corrected chi connectivity index (χ0v) is 17.9. The number of carbonyl (C=O) groups is 2. The lowest BCUT2D eigenvalue weighted by Gasteiger charge is -2.27. The van der Waals surface area contributed by atoms with Crippen LogP contribution >= 0.6 is 0 Å². The molecule has 0 aliphatic carbocycles. The van der Waals surface area contributed by atoms with Gasteiger partial charge in [0.2, 0.25) is 11.8 Å². The Morgan fingerprint density at radius 1 is 1.07 bits per heavy atom. The number of hydrogen-bond acceptors (Lipinski definition) is 5. The third kappa shape index (κ3) is 7.17. The van der Waals surface area contributed by atoms with Crippen LogP contribution in [0.25, 0.3) is 0 Å². The second-order valence-corrected chi connectivity index (χ2v) is 6.84. The number of methoxy groups -OCH3 is 1. The van der Waals surface area contributed by atoms with Crippen LogP contribution in [0.15, 0.2) is 54.6 Å². The Labute approximate surface area is 178 Å². The van der Waals surface area contributed by atoms with Gasteiger partial charge >= 0.3 is 0 Å². The Morgan fingerprint density at radius 3 is 2.47 bits per heavy atom. The number of benzene rings is 2. The molecular formula is C23H31N3O4. The SMILES string of the molecule is CCOc1ccccc1NC(=O)C(c1ccccc1)N(C)CC(=O)NCCCOC. The summed E-state index contributed by atoms with van der Waals surface area (Å²) in [5.74, 6) is 0.235. The lowest BCUT2D eigenvalue weighted by atomic mass is 10.0.